The first kappa shape index (κ1) is 12.1. The van der Waals surface area contributed by atoms with Gasteiger partial charge in [-0.2, -0.15) is 0 Å². The van der Waals surface area contributed by atoms with E-state index in [1.807, 2.05) is 0 Å². The number of hydrogen-bond acceptors (Lipinski definition) is 2. The van der Waals surface area contributed by atoms with Crippen molar-refractivity contribution in [3.8, 4) is 21.7 Å². The van der Waals surface area contributed by atoms with Crippen LogP contribution in [0.4, 0.5) is 0 Å². The average molecular weight is 299 g/mol. The molecule has 2 heterocycles. The molecule has 0 unspecified atom stereocenters. The molecule has 0 amide bonds. The number of hydrogen-bond donors (Lipinski definition) is 0. The van der Waals surface area contributed by atoms with E-state index in [1.54, 1.807) is 11.3 Å². The minimum absolute atomic E-state index is 0.983. The van der Waals surface area contributed by atoms with E-state index in [1.165, 1.54) is 32.5 Å². The zero-order chi connectivity index (χ0) is 14.5. The number of rotatable bonds is 1. The predicted octanol–water partition coefficient (Wildman–Crippen LogP) is 5.53. The van der Waals surface area contributed by atoms with Gasteiger partial charge in [-0.1, -0.05) is 48.5 Å². The van der Waals surface area contributed by atoms with Gasteiger partial charge in [-0.15, -0.1) is 11.3 Å². The largest absolute Gasteiger partial charge is 0.247 e. The van der Waals surface area contributed by atoms with Crippen molar-refractivity contribution in [1.29, 1.82) is 0 Å². The summed E-state index contributed by atoms with van der Waals surface area (Å²) in [5.41, 5.74) is 7.77. The van der Waals surface area contributed by atoms with Crippen LogP contribution >= 0.6 is 11.3 Å². The molecule has 4 aromatic rings. The molecule has 1 nitrogen and oxygen atoms in total. The van der Waals surface area contributed by atoms with Crippen molar-refractivity contribution < 1.29 is 0 Å². The summed E-state index contributed by atoms with van der Waals surface area (Å²) in [5, 5.41) is 3.39. The summed E-state index contributed by atoms with van der Waals surface area (Å²) in [5.74, 6) is 0. The molecule has 2 aromatic carbocycles. The van der Waals surface area contributed by atoms with Crippen LogP contribution < -0.4 is 0 Å². The number of aromatic nitrogens is 1. The first-order valence-corrected chi connectivity index (χ1v) is 8.33. The van der Waals surface area contributed by atoms with E-state index in [2.05, 4.69) is 66.0 Å². The first-order chi connectivity index (χ1) is 10.9. The summed E-state index contributed by atoms with van der Waals surface area (Å²) >= 11 is 1.77. The smallest absolute Gasteiger partial charge is 0.0850 e. The van der Waals surface area contributed by atoms with Crippen LogP contribution in [0.2, 0.25) is 0 Å². The van der Waals surface area contributed by atoms with Gasteiger partial charge in [0, 0.05) is 11.8 Å². The topological polar surface area (TPSA) is 12.9 Å². The van der Waals surface area contributed by atoms with Gasteiger partial charge in [0.1, 0.15) is 0 Å². The van der Waals surface area contributed by atoms with Crippen LogP contribution in [0, 0.1) is 0 Å². The van der Waals surface area contributed by atoms with E-state index < -0.39 is 0 Å². The van der Waals surface area contributed by atoms with E-state index in [9.17, 15) is 0 Å². The van der Waals surface area contributed by atoms with Crippen molar-refractivity contribution in [3.05, 3.63) is 77.2 Å². The molecule has 2 heteroatoms. The number of pyridine rings is 1. The normalized spacial score (nSPS) is 12.4. The van der Waals surface area contributed by atoms with Crippen molar-refractivity contribution in [2.24, 2.45) is 0 Å². The highest BCUT2D eigenvalue weighted by atomic mass is 32.1. The highest BCUT2D eigenvalue weighted by Crippen LogP contribution is 2.45. The third-order valence-corrected chi connectivity index (χ3v) is 5.28. The lowest BCUT2D eigenvalue weighted by atomic mass is 9.99. The Labute approximate surface area is 132 Å². The Bertz CT molecular complexity index is 1000. The van der Waals surface area contributed by atoms with Crippen LogP contribution in [0.1, 0.15) is 11.1 Å². The maximum atomic E-state index is 4.98. The van der Waals surface area contributed by atoms with Gasteiger partial charge in [0.15, 0.2) is 0 Å². The summed E-state index contributed by atoms with van der Waals surface area (Å²) in [6.07, 6.45) is 0.983. The molecule has 0 atom stereocenters. The molecule has 22 heavy (non-hydrogen) atoms. The maximum absolute atomic E-state index is 4.98. The van der Waals surface area contributed by atoms with Crippen molar-refractivity contribution >= 4 is 22.2 Å². The molecule has 0 fully saturated rings. The van der Waals surface area contributed by atoms with E-state index in [0.717, 1.165) is 17.6 Å². The van der Waals surface area contributed by atoms with Crippen LogP contribution in [0.15, 0.2) is 66.0 Å². The van der Waals surface area contributed by atoms with Crippen molar-refractivity contribution in [1.82, 2.24) is 4.98 Å². The third kappa shape index (κ3) is 1.62. The summed E-state index contributed by atoms with van der Waals surface area (Å²) in [4.78, 5) is 6.24. The minimum Gasteiger partial charge on any atom is -0.247 e. The second-order valence-electron chi connectivity index (χ2n) is 5.64. The molecule has 0 N–H and O–H groups in total. The van der Waals surface area contributed by atoms with Gasteiger partial charge < -0.3 is 0 Å². The molecule has 0 saturated heterocycles. The van der Waals surface area contributed by atoms with Crippen LogP contribution in [0.5, 0.6) is 0 Å². The summed E-state index contributed by atoms with van der Waals surface area (Å²) in [6.45, 7) is 0. The fourth-order valence-corrected chi connectivity index (χ4v) is 4.20. The molecule has 0 radical (unpaired) electrons. The number of fused-ring (bicyclic) bond motifs is 5. The van der Waals surface area contributed by atoms with Gasteiger partial charge in [0.2, 0.25) is 0 Å². The standard InChI is InChI=1S/C20H13NS/c1-2-7-14-13(6-1)12-16-19(14)15-8-3-4-9-17(15)21-20(16)18-10-5-11-22-18/h1-11H,12H2. The number of benzene rings is 2. The molecule has 0 spiro atoms. The fraction of sp³-hybridized carbons (Fsp3) is 0.0500. The van der Waals surface area contributed by atoms with Gasteiger partial charge >= 0.3 is 0 Å². The number of para-hydroxylation sites is 1. The van der Waals surface area contributed by atoms with E-state index in [0.29, 0.717) is 0 Å². The van der Waals surface area contributed by atoms with E-state index in [4.69, 9.17) is 4.98 Å². The SMILES string of the molecule is c1csc(-c2nc3ccccc3c3c2Cc2ccccc2-3)c1. The summed E-state index contributed by atoms with van der Waals surface area (Å²) in [7, 11) is 0. The van der Waals surface area contributed by atoms with Crippen molar-refractivity contribution in [2.45, 2.75) is 6.42 Å². The van der Waals surface area contributed by atoms with Gasteiger partial charge in [-0.3, -0.25) is 0 Å². The molecule has 104 valence electrons. The Morgan fingerprint density at radius 2 is 1.73 bits per heavy atom. The second-order valence-corrected chi connectivity index (χ2v) is 6.59. The first-order valence-electron chi connectivity index (χ1n) is 7.45. The molecule has 1 aliphatic rings. The molecule has 0 aliphatic heterocycles. The lowest BCUT2D eigenvalue weighted by molar-refractivity contribution is 1.23. The summed E-state index contributed by atoms with van der Waals surface area (Å²) < 4.78 is 0. The quantitative estimate of drug-likeness (QED) is 0.396. The molecule has 5 rings (SSSR count). The minimum atomic E-state index is 0.983. The Hall–Kier alpha value is -2.45. The molecular weight excluding hydrogens is 286 g/mol. The lowest BCUT2D eigenvalue weighted by Crippen LogP contribution is -1.93. The highest BCUT2D eigenvalue weighted by Gasteiger charge is 2.25. The van der Waals surface area contributed by atoms with Gasteiger partial charge in [-0.05, 0) is 39.8 Å². The lowest BCUT2D eigenvalue weighted by Gasteiger charge is -2.10. The Morgan fingerprint density at radius 1 is 0.864 bits per heavy atom. The molecule has 0 saturated carbocycles. The zero-order valence-electron chi connectivity index (χ0n) is 11.9. The van der Waals surface area contributed by atoms with Crippen LogP contribution in [0.3, 0.4) is 0 Å². The fourth-order valence-electron chi connectivity index (χ4n) is 3.46. The molecule has 0 bridgehead atoms. The Balaban J connectivity index is 1.94. The van der Waals surface area contributed by atoms with Crippen LogP contribution in [-0.2, 0) is 6.42 Å². The monoisotopic (exact) mass is 299 g/mol. The van der Waals surface area contributed by atoms with Gasteiger partial charge in [-0.25, -0.2) is 4.98 Å². The number of thiophene rings is 1. The zero-order valence-corrected chi connectivity index (χ0v) is 12.7. The Kier molecular flexibility index (Phi) is 2.49. The molecule has 2 aromatic heterocycles. The predicted molar refractivity (Wildman–Crippen MR) is 93.3 cm³/mol. The average Bonchev–Trinajstić information content (AvgIpc) is 3.22. The van der Waals surface area contributed by atoms with E-state index in [-0.39, 0.29) is 0 Å². The third-order valence-electron chi connectivity index (χ3n) is 4.40. The number of nitrogens with zero attached hydrogens (tertiary/aromatic N) is 1. The van der Waals surface area contributed by atoms with Crippen LogP contribution in [0.25, 0.3) is 32.6 Å². The highest BCUT2D eigenvalue weighted by molar-refractivity contribution is 7.13. The molecular formula is C20H13NS. The van der Waals surface area contributed by atoms with Crippen LogP contribution in [-0.4, -0.2) is 4.98 Å². The van der Waals surface area contributed by atoms with Crippen molar-refractivity contribution in [3.63, 3.8) is 0 Å². The summed E-state index contributed by atoms with van der Waals surface area (Å²) in [6, 6.07) is 21.5. The molecule has 1 aliphatic carbocycles. The Morgan fingerprint density at radius 3 is 2.64 bits per heavy atom. The van der Waals surface area contributed by atoms with Crippen molar-refractivity contribution in [2.75, 3.05) is 0 Å². The van der Waals surface area contributed by atoms with Gasteiger partial charge in [0.05, 0.1) is 16.1 Å². The van der Waals surface area contributed by atoms with E-state index >= 15 is 0 Å². The maximum Gasteiger partial charge on any atom is 0.0850 e. The van der Waals surface area contributed by atoms with Gasteiger partial charge in [0.25, 0.3) is 0 Å². The second kappa shape index (κ2) is 4.52.